The summed E-state index contributed by atoms with van der Waals surface area (Å²) >= 11 is 0. The van der Waals surface area contributed by atoms with Crippen molar-refractivity contribution in [2.24, 2.45) is 5.92 Å². The molecule has 1 fully saturated rings. The Balaban J connectivity index is 1.91. The van der Waals surface area contributed by atoms with Gasteiger partial charge in [0, 0.05) is 38.6 Å². The molecule has 6 heteroatoms. The minimum atomic E-state index is -0.00753. The van der Waals surface area contributed by atoms with Gasteiger partial charge in [-0.25, -0.2) is 9.97 Å². The Hall–Kier alpha value is -1.69. The maximum atomic E-state index is 12.2. The number of nitrogens with zero attached hydrogens (tertiary/aromatic N) is 3. The second kappa shape index (κ2) is 7.19. The Morgan fingerprint density at radius 2 is 2.30 bits per heavy atom. The monoisotopic (exact) mass is 278 g/mol. The second-order valence-corrected chi connectivity index (χ2v) is 5.20. The molecule has 6 nitrogen and oxygen atoms in total. The van der Waals surface area contributed by atoms with Crippen molar-refractivity contribution in [1.29, 1.82) is 0 Å². The summed E-state index contributed by atoms with van der Waals surface area (Å²) in [6.45, 7) is 4.06. The Kier molecular flexibility index (Phi) is 5.29. The van der Waals surface area contributed by atoms with Crippen LogP contribution in [0.1, 0.15) is 19.8 Å². The summed E-state index contributed by atoms with van der Waals surface area (Å²) in [5, 5.41) is 2.99. The highest BCUT2D eigenvalue weighted by molar-refractivity contribution is 5.79. The Morgan fingerprint density at radius 3 is 3.00 bits per heavy atom. The third-order valence-electron chi connectivity index (χ3n) is 3.43. The molecule has 110 valence electrons. The summed E-state index contributed by atoms with van der Waals surface area (Å²) in [5.74, 6) is 0.789. The number of rotatable bonds is 5. The van der Waals surface area contributed by atoms with Crippen LogP contribution in [0.4, 0.5) is 5.95 Å². The number of amides is 1. The van der Waals surface area contributed by atoms with E-state index in [1.807, 2.05) is 6.92 Å². The van der Waals surface area contributed by atoms with Crippen molar-refractivity contribution >= 4 is 11.9 Å². The minimum absolute atomic E-state index is 0.00753. The molecule has 0 aliphatic carbocycles. The molecule has 0 spiro atoms. The summed E-state index contributed by atoms with van der Waals surface area (Å²) in [6.07, 6.45) is 5.35. The van der Waals surface area contributed by atoms with Gasteiger partial charge in [-0.3, -0.25) is 4.79 Å². The van der Waals surface area contributed by atoms with Crippen molar-refractivity contribution in [1.82, 2.24) is 15.3 Å². The van der Waals surface area contributed by atoms with E-state index in [4.69, 9.17) is 4.74 Å². The summed E-state index contributed by atoms with van der Waals surface area (Å²) in [6, 6.07) is 1.83. The molecule has 1 aliphatic rings. The molecule has 0 radical (unpaired) electrons. The molecule has 2 atom stereocenters. The lowest BCUT2D eigenvalue weighted by atomic mass is 9.97. The number of aromatic nitrogens is 2. The first-order valence-electron chi connectivity index (χ1n) is 7.02. The Bertz CT molecular complexity index is 426. The third-order valence-corrected chi connectivity index (χ3v) is 3.43. The topological polar surface area (TPSA) is 67.3 Å². The molecule has 1 saturated heterocycles. The van der Waals surface area contributed by atoms with Crippen LogP contribution < -0.4 is 10.2 Å². The summed E-state index contributed by atoms with van der Waals surface area (Å²) in [4.78, 5) is 22.8. The molecule has 20 heavy (non-hydrogen) atoms. The molecule has 1 aromatic rings. The fourth-order valence-electron chi connectivity index (χ4n) is 2.48. The lowest BCUT2D eigenvalue weighted by molar-refractivity contribution is -0.126. The van der Waals surface area contributed by atoms with Gasteiger partial charge in [0.2, 0.25) is 11.9 Å². The van der Waals surface area contributed by atoms with Crippen LogP contribution >= 0.6 is 0 Å². The first-order valence-corrected chi connectivity index (χ1v) is 7.02. The van der Waals surface area contributed by atoms with Crippen molar-refractivity contribution < 1.29 is 9.53 Å². The highest BCUT2D eigenvalue weighted by Gasteiger charge is 2.27. The van der Waals surface area contributed by atoms with E-state index in [0.29, 0.717) is 19.1 Å². The number of carbonyl (C=O) groups excluding carboxylic acids is 1. The number of methoxy groups -OCH3 is 1. The number of piperidine rings is 1. The van der Waals surface area contributed by atoms with Gasteiger partial charge >= 0.3 is 0 Å². The molecule has 1 amide bonds. The molecule has 1 N–H and O–H groups in total. The van der Waals surface area contributed by atoms with E-state index in [1.54, 1.807) is 25.6 Å². The first-order chi connectivity index (χ1) is 9.70. The molecule has 0 aromatic carbocycles. The SMILES string of the molecule is COCC(C)NC(=O)C1CCCN(c2ncccn2)C1. The van der Waals surface area contributed by atoms with Crippen molar-refractivity contribution in [2.75, 3.05) is 31.7 Å². The summed E-state index contributed by atoms with van der Waals surface area (Å²) in [7, 11) is 1.64. The van der Waals surface area contributed by atoms with Gasteiger partial charge < -0.3 is 15.0 Å². The van der Waals surface area contributed by atoms with Crippen molar-refractivity contribution in [3.63, 3.8) is 0 Å². The normalized spacial score (nSPS) is 20.5. The Labute approximate surface area is 119 Å². The van der Waals surface area contributed by atoms with Gasteiger partial charge in [-0.1, -0.05) is 0 Å². The number of carbonyl (C=O) groups is 1. The fourth-order valence-corrected chi connectivity index (χ4v) is 2.48. The van der Waals surface area contributed by atoms with Crippen LogP contribution in [-0.2, 0) is 9.53 Å². The van der Waals surface area contributed by atoms with Gasteiger partial charge in [-0.05, 0) is 25.8 Å². The first kappa shape index (κ1) is 14.7. The maximum Gasteiger partial charge on any atom is 0.225 e. The zero-order chi connectivity index (χ0) is 14.4. The smallest absolute Gasteiger partial charge is 0.225 e. The number of nitrogens with one attached hydrogen (secondary N) is 1. The van der Waals surface area contributed by atoms with E-state index >= 15 is 0 Å². The van der Waals surface area contributed by atoms with Crippen molar-refractivity contribution in [3.8, 4) is 0 Å². The molecule has 1 aromatic heterocycles. The quantitative estimate of drug-likeness (QED) is 0.864. The number of ether oxygens (including phenoxy) is 1. The molecular formula is C14H22N4O2. The molecule has 1 aliphatic heterocycles. The van der Waals surface area contributed by atoms with Crippen LogP contribution in [-0.4, -0.2) is 48.7 Å². The van der Waals surface area contributed by atoms with Gasteiger partial charge in [0.1, 0.15) is 0 Å². The van der Waals surface area contributed by atoms with E-state index in [2.05, 4.69) is 20.2 Å². The van der Waals surface area contributed by atoms with E-state index in [0.717, 1.165) is 19.4 Å². The predicted octanol–water partition coefficient (Wildman–Crippen LogP) is 0.844. The van der Waals surface area contributed by atoms with E-state index in [1.165, 1.54) is 0 Å². The van der Waals surface area contributed by atoms with E-state index in [-0.39, 0.29) is 17.9 Å². The van der Waals surface area contributed by atoms with Crippen LogP contribution in [0.25, 0.3) is 0 Å². The van der Waals surface area contributed by atoms with Gasteiger partial charge in [-0.15, -0.1) is 0 Å². The highest BCUT2D eigenvalue weighted by atomic mass is 16.5. The number of anilines is 1. The zero-order valence-corrected chi connectivity index (χ0v) is 12.1. The van der Waals surface area contributed by atoms with Gasteiger partial charge in [0.25, 0.3) is 0 Å². The van der Waals surface area contributed by atoms with Crippen LogP contribution in [0, 0.1) is 5.92 Å². The average Bonchev–Trinajstić information content (AvgIpc) is 2.48. The van der Waals surface area contributed by atoms with Crippen LogP contribution in [0.5, 0.6) is 0 Å². The summed E-state index contributed by atoms with van der Waals surface area (Å²) in [5.41, 5.74) is 0. The van der Waals surface area contributed by atoms with Crippen LogP contribution in [0.15, 0.2) is 18.5 Å². The molecular weight excluding hydrogens is 256 g/mol. The molecule has 0 saturated carbocycles. The standard InChI is InChI=1S/C14H22N4O2/c1-11(10-20-2)17-13(19)12-5-3-8-18(9-12)14-15-6-4-7-16-14/h4,6-7,11-12H,3,5,8-10H2,1-2H3,(H,17,19). The zero-order valence-electron chi connectivity index (χ0n) is 12.1. The molecule has 2 heterocycles. The number of hydrogen-bond donors (Lipinski definition) is 1. The fraction of sp³-hybridized carbons (Fsp3) is 0.643. The van der Waals surface area contributed by atoms with Gasteiger partial charge in [0.05, 0.1) is 12.5 Å². The van der Waals surface area contributed by atoms with Crippen LogP contribution in [0.2, 0.25) is 0 Å². The largest absolute Gasteiger partial charge is 0.383 e. The van der Waals surface area contributed by atoms with Gasteiger partial charge in [0.15, 0.2) is 0 Å². The minimum Gasteiger partial charge on any atom is -0.383 e. The lowest BCUT2D eigenvalue weighted by Crippen LogP contribution is -2.46. The van der Waals surface area contributed by atoms with Crippen molar-refractivity contribution in [2.45, 2.75) is 25.8 Å². The number of hydrogen-bond acceptors (Lipinski definition) is 5. The summed E-state index contributed by atoms with van der Waals surface area (Å²) < 4.78 is 5.04. The average molecular weight is 278 g/mol. The van der Waals surface area contributed by atoms with E-state index < -0.39 is 0 Å². The highest BCUT2D eigenvalue weighted by Crippen LogP contribution is 2.20. The van der Waals surface area contributed by atoms with E-state index in [9.17, 15) is 4.79 Å². The molecule has 2 rings (SSSR count). The second-order valence-electron chi connectivity index (χ2n) is 5.20. The van der Waals surface area contributed by atoms with Crippen molar-refractivity contribution in [3.05, 3.63) is 18.5 Å². The molecule has 0 bridgehead atoms. The maximum absolute atomic E-state index is 12.2. The van der Waals surface area contributed by atoms with Crippen LogP contribution in [0.3, 0.4) is 0 Å². The predicted molar refractivity (Wildman–Crippen MR) is 76.4 cm³/mol. The molecule has 2 unspecified atom stereocenters. The third kappa shape index (κ3) is 3.90. The van der Waals surface area contributed by atoms with Gasteiger partial charge in [-0.2, -0.15) is 0 Å². The lowest BCUT2D eigenvalue weighted by Gasteiger charge is -2.32. The Morgan fingerprint density at radius 1 is 1.55 bits per heavy atom.